The highest BCUT2D eigenvalue weighted by atomic mass is 35.5. The lowest BCUT2D eigenvalue weighted by molar-refractivity contribution is 0.258. The number of nitrogens with one attached hydrogen (secondary N) is 1. The van der Waals surface area contributed by atoms with Gasteiger partial charge in [0.2, 0.25) is 0 Å². The van der Waals surface area contributed by atoms with E-state index in [-0.39, 0.29) is 6.03 Å². The molecule has 2 amide bonds. The van der Waals surface area contributed by atoms with Crippen LogP contribution >= 0.6 is 11.6 Å². The van der Waals surface area contributed by atoms with Gasteiger partial charge in [-0.2, -0.15) is 10.2 Å². The molecule has 0 aromatic heterocycles. The Kier molecular flexibility index (Phi) is 5.61. The molecule has 0 spiro atoms. The summed E-state index contributed by atoms with van der Waals surface area (Å²) in [7, 11) is 1.68. The van der Waals surface area contributed by atoms with Crippen LogP contribution in [0.5, 0.6) is 0 Å². The van der Waals surface area contributed by atoms with Crippen LogP contribution in [0.2, 0.25) is 5.02 Å². The summed E-state index contributed by atoms with van der Waals surface area (Å²) in [6, 6.07) is 23.5. The zero-order valence-electron chi connectivity index (χ0n) is 14.1. The third-order valence-electron chi connectivity index (χ3n) is 3.66. The molecule has 0 heterocycles. The van der Waals surface area contributed by atoms with E-state index in [1.54, 1.807) is 49.5 Å². The average molecular weight is 365 g/mol. The molecular weight excluding hydrogens is 348 g/mol. The number of nitrogens with zero attached hydrogens (tertiary/aromatic N) is 3. The molecule has 1 N–H and O–H groups in total. The molecule has 0 saturated heterocycles. The van der Waals surface area contributed by atoms with Gasteiger partial charge in [0.05, 0.1) is 11.4 Å². The predicted octanol–water partition coefficient (Wildman–Crippen LogP) is 6.42. The highest BCUT2D eigenvalue weighted by Crippen LogP contribution is 2.22. The van der Waals surface area contributed by atoms with E-state index in [0.717, 1.165) is 5.69 Å². The maximum Gasteiger partial charge on any atom is 0.326 e. The van der Waals surface area contributed by atoms with E-state index in [2.05, 4.69) is 15.5 Å². The van der Waals surface area contributed by atoms with Crippen LogP contribution in [0.1, 0.15) is 0 Å². The summed E-state index contributed by atoms with van der Waals surface area (Å²) in [4.78, 5) is 13.8. The van der Waals surface area contributed by atoms with Crippen molar-refractivity contribution in [2.24, 2.45) is 10.2 Å². The Morgan fingerprint density at radius 3 is 2.19 bits per heavy atom. The lowest BCUT2D eigenvalue weighted by Crippen LogP contribution is -2.31. The van der Waals surface area contributed by atoms with E-state index in [4.69, 9.17) is 11.6 Å². The van der Waals surface area contributed by atoms with Crippen molar-refractivity contribution in [3.05, 3.63) is 83.9 Å². The lowest BCUT2D eigenvalue weighted by Gasteiger charge is -2.18. The summed E-state index contributed by atoms with van der Waals surface area (Å²) in [5, 5.41) is 11.7. The minimum Gasteiger partial charge on any atom is -0.308 e. The first-order valence-corrected chi connectivity index (χ1v) is 8.37. The van der Waals surface area contributed by atoms with E-state index < -0.39 is 0 Å². The Bertz CT molecular complexity index is 911. The van der Waals surface area contributed by atoms with Crippen molar-refractivity contribution in [2.75, 3.05) is 17.3 Å². The summed E-state index contributed by atoms with van der Waals surface area (Å²) in [5.74, 6) is 0. The van der Waals surface area contributed by atoms with Crippen LogP contribution in [0, 0.1) is 0 Å². The van der Waals surface area contributed by atoms with Crippen LogP contribution < -0.4 is 10.2 Å². The average Bonchev–Trinajstić information content (AvgIpc) is 2.67. The van der Waals surface area contributed by atoms with Gasteiger partial charge in [-0.3, -0.25) is 4.90 Å². The first-order valence-electron chi connectivity index (χ1n) is 7.99. The molecule has 0 aliphatic rings. The fraction of sp³-hybridized carbons (Fsp3) is 0.0500. The zero-order valence-corrected chi connectivity index (χ0v) is 14.9. The second kappa shape index (κ2) is 8.27. The van der Waals surface area contributed by atoms with Crippen LogP contribution in [0.15, 0.2) is 89.1 Å². The van der Waals surface area contributed by atoms with Crippen molar-refractivity contribution in [3.8, 4) is 0 Å². The molecule has 0 fully saturated rings. The van der Waals surface area contributed by atoms with Gasteiger partial charge in [0.15, 0.2) is 0 Å². The zero-order chi connectivity index (χ0) is 18.4. The van der Waals surface area contributed by atoms with Gasteiger partial charge in [0.25, 0.3) is 0 Å². The van der Waals surface area contributed by atoms with Gasteiger partial charge in [-0.1, -0.05) is 35.9 Å². The largest absolute Gasteiger partial charge is 0.326 e. The molecule has 0 bridgehead atoms. The molecule has 3 rings (SSSR count). The number of hydrogen-bond donors (Lipinski definition) is 1. The van der Waals surface area contributed by atoms with E-state index in [0.29, 0.717) is 22.1 Å². The molecule has 3 aromatic carbocycles. The van der Waals surface area contributed by atoms with Crippen molar-refractivity contribution in [1.29, 1.82) is 0 Å². The van der Waals surface area contributed by atoms with Gasteiger partial charge in [-0.15, -0.1) is 0 Å². The number of urea groups is 1. The van der Waals surface area contributed by atoms with Crippen molar-refractivity contribution >= 4 is 40.4 Å². The first-order chi connectivity index (χ1) is 12.6. The Hall–Kier alpha value is -3.18. The summed E-state index contributed by atoms with van der Waals surface area (Å²) in [6.45, 7) is 0. The van der Waals surface area contributed by atoms with Gasteiger partial charge >= 0.3 is 6.03 Å². The number of rotatable bonds is 4. The minimum absolute atomic E-state index is 0.258. The summed E-state index contributed by atoms with van der Waals surface area (Å²) >= 11 is 5.97. The maximum absolute atomic E-state index is 12.3. The van der Waals surface area contributed by atoms with Gasteiger partial charge < -0.3 is 5.32 Å². The predicted molar refractivity (Wildman–Crippen MR) is 106 cm³/mol. The highest BCUT2D eigenvalue weighted by Gasteiger charge is 2.11. The van der Waals surface area contributed by atoms with E-state index >= 15 is 0 Å². The second-order valence-electron chi connectivity index (χ2n) is 5.55. The molecule has 6 heteroatoms. The monoisotopic (exact) mass is 364 g/mol. The van der Waals surface area contributed by atoms with Crippen molar-refractivity contribution in [2.45, 2.75) is 0 Å². The molecule has 0 saturated carbocycles. The smallest absolute Gasteiger partial charge is 0.308 e. The number of benzene rings is 3. The number of carbonyl (C=O) groups excluding carboxylic acids is 1. The van der Waals surface area contributed by atoms with Crippen molar-refractivity contribution in [1.82, 2.24) is 0 Å². The summed E-state index contributed by atoms with van der Waals surface area (Å²) < 4.78 is 0. The maximum atomic E-state index is 12.3. The molecule has 130 valence electrons. The summed E-state index contributed by atoms with van der Waals surface area (Å²) in [5.41, 5.74) is 2.87. The Balaban J connectivity index is 1.63. The van der Waals surface area contributed by atoms with Crippen LogP contribution in [-0.4, -0.2) is 13.1 Å². The molecule has 0 radical (unpaired) electrons. The number of carbonyl (C=O) groups is 1. The van der Waals surface area contributed by atoms with Crippen LogP contribution in [-0.2, 0) is 0 Å². The lowest BCUT2D eigenvalue weighted by atomic mass is 10.3. The van der Waals surface area contributed by atoms with Crippen LogP contribution in [0.25, 0.3) is 0 Å². The SMILES string of the molecule is CN(C(=O)Nc1ccc(N=Nc2ccccc2)cc1)c1cccc(Cl)c1. The molecule has 5 nitrogen and oxygen atoms in total. The Morgan fingerprint density at radius 1 is 0.885 bits per heavy atom. The van der Waals surface area contributed by atoms with Gasteiger partial charge in [0.1, 0.15) is 0 Å². The van der Waals surface area contributed by atoms with Crippen LogP contribution in [0.3, 0.4) is 0 Å². The molecule has 0 aliphatic carbocycles. The third-order valence-corrected chi connectivity index (χ3v) is 3.89. The van der Waals surface area contributed by atoms with Crippen LogP contribution in [0.4, 0.5) is 27.5 Å². The first kappa shape index (κ1) is 17.6. The quantitative estimate of drug-likeness (QED) is 0.533. The van der Waals surface area contributed by atoms with E-state index in [9.17, 15) is 4.79 Å². The Labute approximate surface area is 156 Å². The second-order valence-corrected chi connectivity index (χ2v) is 5.99. The van der Waals surface area contributed by atoms with E-state index in [1.807, 2.05) is 36.4 Å². The molecular formula is C20H17ClN4O. The third kappa shape index (κ3) is 4.68. The fourth-order valence-corrected chi connectivity index (χ4v) is 2.42. The molecule has 26 heavy (non-hydrogen) atoms. The van der Waals surface area contributed by atoms with Gasteiger partial charge in [-0.05, 0) is 54.6 Å². The standard InChI is InChI=1S/C20H17ClN4O/c1-25(19-9-5-6-15(21)14-19)20(26)22-16-10-12-18(13-11-16)24-23-17-7-3-2-4-8-17/h2-14H,1H3,(H,22,26). The molecule has 0 atom stereocenters. The Morgan fingerprint density at radius 2 is 1.54 bits per heavy atom. The number of amides is 2. The summed E-state index contributed by atoms with van der Waals surface area (Å²) in [6.07, 6.45) is 0. The minimum atomic E-state index is -0.258. The molecule has 0 unspecified atom stereocenters. The number of anilines is 2. The fourth-order valence-electron chi connectivity index (χ4n) is 2.23. The van der Waals surface area contributed by atoms with E-state index in [1.165, 1.54) is 4.90 Å². The normalized spacial score (nSPS) is 10.7. The topological polar surface area (TPSA) is 57.1 Å². The van der Waals surface area contributed by atoms with Crippen molar-refractivity contribution in [3.63, 3.8) is 0 Å². The highest BCUT2D eigenvalue weighted by molar-refractivity contribution is 6.30. The van der Waals surface area contributed by atoms with Crippen molar-refractivity contribution < 1.29 is 4.79 Å². The van der Waals surface area contributed by atoms with Gasteiger partial charge in [-0.25, -0.2) is 4.79 Å². The number of halogens is 1. The van der Waals surface area contributed by atoms with Gasteiger partial charge in [0, 0.05) is 23.4 Å². The molecule has 3 aromatic rings. The number of hydrogen-bond acceptors (Lipinski definition) is 3. The number of azo groups is 1. The molecule has 0 aliphatic heterocycles.